The molecule has 1 aliphatic heterocycles. The van der Waals surface area contributed by atoms with Crippen molar-refractivity contribution in [1.29, 1.82) is 0 Å². The van der Waals surface area contributed by atoms with Gasteiger partial charge in [0.1, 0.15) is 6.10 Å². The molecule has 0 saturated carbocycles. The van der Waals surface area contributed by atoms with E-state index in [1.807, 2.05) is 13.0 Å². The van der Waals surface area contributed by atoms with Gasteiger partial charge in [0.05, 0.1) is 5.69 Å². The Morgan fingerprint density at radius 1 is 1.54 bits per heavy atom. The number of aromatic nitrogens is 1. The molecule has 2 heterocycles. The van der Waals surface area contributed by atoms with Gasteiger partial charge in [-0.15, -0.1) is 0 Å². The van der Waals surface area contributed by atoms with Crippen molar-refractivity contribution in [2.24, 2.45) is 0 Å². The van der Waals surface area contributed by atoms with Gasteiger partial charge in [0.25, 0.3) is 0 Å². The molecule has 0 spiro atoms. The van der Waals surface area contributed by atoms with E-state index in [2.05, 4.69) is 10.5 Å². The minimum absolute atomic E-state index is 0.286. The number of nitrogens with zero attached hydrogens (tertiary/aromatic N) is 1. The fourth-order valence-electron chi connectivity index (χ4n) is 1.47. The molecule has 0 aromatic carbocycles. The second-order valence-electron chi connectivity index (χ2n) is 3.35. The van der Waals surface area contributed by atoms with Crippen molar-refractivity contribution < 1.29 is 9.26 Å². The molecule has 4 nitrogen and oxygen atoms in total. The van der Waals surface area contributed by atoms with Crippen LogP contribution in [0.1, 0.15) is 18.5 Å². The van der Waals surface area contributed by atoms with E-state index in [4.69, 9.17) is 9.26 Å². The first-order valence-corrected chi connectivity index (χ1v) is 4.65. The van der Waals surface area contributed by atoms with Crippen molar-refractivity contribution in [2.45, 2.75) is 25.9 Å². The van der Waals surface area contributed by atoms with Crippen LogP contribution < -0.4 is 10.1 Å². The summed E-state index contributed by atoms with van der Waals surface area (Å²) in [4.78, 5) is 0. The van der Waals surface area contributed by atoms with Crippen LogP contribution in [-0.2, 0) is 0 Å². The lowest BCUT2D eigenvalue weighted by Gasteiger charge is -2.21. The summed E-state index contributed by atoms with van der Waals surface area (Å²) >= 11 is 0. The normalized spacial score (nSPS) is 18.8. The average molecular weight is 182 g/mol. The van der Waals surface area contributed by atoms with Crippen molar-refractivity contribution in [3.63, 3.8) is 0 Å². The van der Waals surface area contributed by atoms with Gasteiger partial charge in [0.2, 0.25) is 0 Å². The third kappa shape index (κ3) is 2.21. The van der Waals surface area contributed by atoms with Gasteiger partial charge >= 0.3 is 5.95 Å². The van der Waals surface area contributed by atoms with Crippen LogP contribution in [-0.4, -0.2) is 24.4 Å². The summed E-state index contributed by atoms with van der Waals surface area (Å²) in [5.41, 5.74) is 0.865. The van der Waals surface area contributed by atoms with E-state index in [9.17, 15) is 0 Å². The molecule has 1 aromatic heterocycles. The molecule has 13 heavy (non-hydrogen) atoms. The topological polar surface area (TPSA) is 47.3 Å². The third-order valence-electron chi connectivity index (χ3n) is 2.18. The maximum absolute atomic E-state index is 5.61. The highest BCUT2D eigenvalue weighted by molar-refractivity contribution is 5.08. The average Bonchev–Trinajstić information content (AvgIpc) is 2.53. The lowest BCUT2D eigenvalue weighted by molar-refractivity contribution is 0.115. The lowest BCUT2D eigenvalue weighted by Crippen LogP contribution is -2.34. The fraction of sp³-hybridized carbons (Fsp3) is 0.667. The molecule has 0 aliphatic carbocycles. The maximum Gasteiger partial charge on any atom is 0.311 e. The standard InChI is InChI=1S/C9H14N2O2/c1-7-6-9(13-11-7)12-8-2-4-10-5-3-8/h6,8,10H,2-5H2,1H3. The van der Waals surface area contributed by atoms with Crippen LogP contribution in [0.15, 0.2) is 10.6 Å². The summed E-state index contributed by atoms with van der Waals surface area (Å²) in [6.45, 7) is 3.94. The van der Waals surface area contributed by atoms with Crippen molar-refractivity contribution in [3.05, 3.63) is 11.8 Å². The molecule has 72 valence electrons. The molecule has 1 aromatic rings. The molecule has 0 amide bonds. The first-order chi connectivity index (χ1) is 6.34. The van der Waals surface area contributed by atoms with Crippen molar-refractivity contribution in [3.8, 4) is 5.95 Å². The molecular weight excluding hydrogens is 168 g/mol. The van der Waals surface area contributed by atoms with E-state index < -0.39 is 0 Å². The highest BCUT2D eigenvalue weighted by Crippen LogP contribution is 2.16. The zero-order chi connectivity index (χ0) is 9.10. The van der Waals surface area contributed by atoms with E-state index in [-0.39, 0.29) is 6.10 Å². The van der Waals surface area contributed by atoms with Gasteiger partial charge in [-0.1, -0.05) is 5.16 Å². The second-order valence-corrected chi connectivity index (χ2v) is 3.35. The second kappa shape index (κ2) is 3.79. The van der Waals surface area contributed by atoms with E-state index in [0.717, 1.165) is 31.6 Å². The molecule has 1 N–H and O–H groups in total. The number of rotatable bonds is 2. The van der Waals surface area contributed by atoms with E-state index in [1.54, 1.807) is 0 Å². The predicted molar refractivity (Wildman–Crippen MR) is 47.8 cm³/mol. The number of nitrogens with one attached hydrogen (secondary N) is 1. The predicted octanol–water partition coefficient (Wildman–Crippen LogP) is 1.11. The van der Waals surface area contributed by atoms with Crippen molar-refractivity contribution in [1.82, 2.24) is 10.5 Å². The number of hydrogen-bond donors (Lipinski definition) is 1. The van der Waals surface area contributed by atoms with Crippen LogP contribution in [0.3, 0.4) is 0 Å². The van der Waals surface area contributed by atoms with Crippen molar-refractivity contribution >= 4 is 0 Å². The molecule has 0 radical (unpaired) electrons. The molecular formula is C9H14N2O2. The summed E-state index contributed by atoms with van der Waals surface area (Å²) in [5, 5.41) is 7.05. The summed E-state index contributed by atoms with van der Waals surface area (Å²) < 4.78 is 10.6. The summed E-state index contributed by atoms with van der Waals surface area (Å²) in [5.74, 6) is 0.546. The highest BCUT2D eigenvalue weighted by atomic mass is 16.6. The number of aryl methyl sites for hydroxylation is 1. The highest BCUT2D eigenvalue weighted by Gasteiger charge is 2.15. The zero-order valence-corrected chi connectivity index (χ0v) is 7.75. The first kappa shape index (κ1) is 8.56. The van der Waals surface area contributed by atoms with Crippen LogP contribution in [0.4, 0.5) is 0 Å². The Kier molecular flexibility index (Phi) is 2.49. The van der Waals surface area contributed by atoms with E-state index in [1.165, 1.54) is 0 Å². The van der Waals surface area contributed by atoms with Crippen molar-refractivity contribution in [2.75, 3.05) is 13.1 Å². The van der Waals surface area contributed by atoms with Gasteiger partial charge in [-0.05, 0) is 32.9 Å². The molecule has 1 saturated heterocycles. The van der Waals surface area contributed by atoms with Crippen LogP contribution in [0.2, 0.25) is 0 Å². The van der Waals surface area contributed by atoms with Gasteiger partial charge in [-0.2, -0.15) is 0 Å². The Morgan fingerprint density at radius 3 is 2.92 bits per heavy atom. The molecule has 1 fully saturated rings. The Morgan fingerprint density at radius 2 is 2.31 bits per heavy atom. The quantitative estimate of drug-likeness (QED) is 0.744. The van der Waals surface area contributed by atoms with E-state index in [0.29, 0.717) is 5.95 Å². The van der Waals surface area contributed by atoms with Crippen LogP contribution >= 0.6 is 0 Å². The Hall–Kier alpha value is -1.03. The molecule has 2 rings (SSSR count). The lowest BCUT2D eigenvalue weighted by atomic mass is 10.1. The molecule has 0 bridgehead atoms. The van der Waals surface area contributed by atoms with Gasteiger partial charge in [0.15, 0.2) is 0 Å². The Labute approximate surface area is 77.2 Å². The summed E-state index contributed by atoms with van der Waals surface area (Å²) in [7, 11) is 0. The minimum Gasteiger partial charge on any atom is -0.460 e. The third-order valence-corrected chi connectivity index (χ3v) is 2.18. The molecule has 0 unspecified atom stereocenters. The Balaban J connectivity index is 1.89. The van der Waals surface area contributed by atoms with Crippen LogP contribution in [0.5, 0.6) is 5.95 Å². The molecule has 4 heteroatoms. The summed E-state index contributed by atoms with van der Waals surface area (Å²) in [6.07, 6.45) is 2.37. The van der Waals surface area contributed by atoms with Gasteiger partial charge < -0.3 is 14.6 Å². The SMILES string of the molecule is Cc1cc(OC2CCNCC2)on1. The van der Waals surface area contributed by atoms with Crippen LogP contribution in [0, 0.1) is 6.92 Å². The smallest absolute Gasteiger partial charge is 0.311 e. The summed E-state index contributed by atoms with van der Waals surface area (Å²) in [6, 6.07) is 1.82. The fourth-order valence-corrected chi connectivity index (χ4v) is 1.47. The molecule has 1 aliphatic rings. The number of ether oxygens (including phenoxy) is 1. The minimum atomic E-state index is 0.286. The van der Waals surface area contributed by atoms with Gasteiger partial charge in [0, 0.05) is 6.07 Å². The van der Waals surface area contributed by atoms with Gasteiger partial charge in [-0.25, -0.2) is 0 Å². The molecule has 0 atom stereocenters. The largest absolute Gasteiger partial charge is 0.460 e. The maximum atomic E-state index is 5.61. The van der Waals surface area contributed by atoms with Crippen LogP contribution in [0.25, 0.3) is 0 Å². The number of hydrogen-bond acceptors (Lipinski definition) is 4. The monoisotopic (exact) mass is 182 g/mol. The van der Waals surface area contributed by atoms with Gasteiger partial charge in [-0.3, -0.25) is 0 Å². The number of piperidine rings is 1. The first-order valence-electron chi connectivity index (χ1n) is 4.65. The Bertz CT molecular complexity index is 266. The zero-order valence-electron chi connectivity index (χ0n) is 7.75. The van der Waals surface area contributed by atoms with E-state index >= 15 is 0 Å².